The molecule has 0 fully saturated rings. The maximum atomic E-state index is 13.3. The summed E-state index contributed by atoms with van der Waals surface area (Å²) in [6.45, 7) is 0.693. The van der Waals surface area contributed by atoms with Crippen LogP contribution in [0.2, 0.25) is 0 Å². The molecule has 0 unspecified atom stereocenters. The van der Waals surface area contributed by atoms with Crippen molar-refractivity contribution in [3.63, 3.8) is 0 Å². The monoisotopic (exact) mass is 273 g/mol. The first-order chi connectivity index (χ1) is 9.69. The van der Waals surface area contributed by atoms with Crippen LogP contribution in [0.3, 0.4) is 0 Å². The molecule has 0 atom stereocenters. The minimum atomic E-state index is -0.348. The van der Waals surface area contributed by atoms with Crippen molar-refractivity contribution in [1.82, 2.24) is 9.78 Å². The largest absolute Gasteiger partial charge is 0.492 e. The normalized spacial score (nSPS) is 9.95. The second-order valence-corrected chi connectivity index (χ2v) is 4.27. The van der Waals surface area contributed by atoms with Crippen LogP contribution in [0.4, 0.5) is 4.39 Å². The van der Waals surface area contributed by atoms with E-state index in [1.54, 1.807) is 16.9 Å². The Morgan fingerprint density at radius 2 is 2.30 bits per heavy atom. The van der Waals surface area contributed by atoms with Crippen molar-refractivity contribution in [1.29, 1.82) is 0 Å². The molecule has 0 bridgehead atoms. The van der Waals surface area contributed by atoms with Gasteiger partial charge in [0.15, 0.2) is 0 Å². The van der Waals surface area contributed by atoms with Crippen LogP contribution < -0.4 is 10.5 Å². The lowest BCUT2D eigenvalue weighted by Gasteiger charge is -2.07. The van der Waals surface area contributed by atoms with Gasteiger partial charge in [0, 0.05) is 25.7 Å². The molecule has 4 nitrogen and oxygen atoms in total. The van der Waals surface area contributed by atoms with E-state index in [0.29, 0.717) is 24.3 Å². The van der Waals surface area contributed by atoms with E-state index >= 15 is 0 Å². The lowest BCUT2D eigenvalue weighted by atomic mass is 10.2. The van der Waals surface area contributed by atoms with Gasteiger partial charge in [0.05, 0.1) is 24.9 Å². The molecule has 1 heterocycles. The third-order valence-corrected chi connectivity index (χ3v) is 2.68. The summed E-state index contributed by atoms with van der Waals surface area (Å²) in [6, 6.07) is 4.29. The Hall–Kier alpha value is -2.32. The topological polar surface area (TPSA) is 53.1 Å². The maximum Gasteiger partial charge on any atom is 0.137 e. The van der Waals surface area contributed by atoms with Gasteiger partial charge < -0.3 is 10.5 Å². The van der Waals surface area contributed by atoms with E-state index in [4.69, 9.17) is 10.5 Å². The minimum absolute atomic E-state index is 0.256. The van der Waals surface area contributed by atoms with Gasteiger partial charge in [-0.05, 0) is 17.7 Å². The summed E-state index contributed by atoms with van der Waals surface area (Å²) in [6.07, 6.45) is 4.41. The molecule has 0 radical (unpaired) electrons. The number of nitrogens with zero attached hydrogens (tertiary/aromatic N) is 2. The lowest BCUT2D eigenvalue weighted by Crippen LogP contribution is -2.03. The number of hydrogen-bond acceptors (Lipinski definition) is 3. The summed E-state index contributed by atoms with van der Waals surface area (Å²) in [5.74, 6) is 5.70. The van der Waals surface area contributed by atoms with Gasteiger partial charge in [-0.3, -0.25) is 4.68 Å². The fraction of sp³-hybridized carbons (Fsp3) is 0.267. The number of aryl methyl sites for hydroxylation is 1. The van der Waals surface area contributed by atoms with Crippen LogP contribution in [0.15, 0.2) is 30.6 Å². The predicted octanol–water partition coefficient (Wildman–Crippen LogP) is 1.49. The quantitative estimate of drug-likeness (QED) is 0.859. The summed E-state index contributed by atoms with van der Waals surface area (Å²) < 4.78 is 20.6. The molecule has 0 saturated carbocycles. The average molecular weight is 273 g/mol. The molecule has 2 aromatic rings. The first kappa shape index (κ1) is 14.1. The van der Waals surface area contributed by atoms with Crippen molar-refractivity contribution in [2.24, 2.45) is 12.8 Å². The number of hydrogen-bond donors (Lipinski definition) is 1. The Bertz CT molecular complexity index is 640. The molecule has 0 aliphatic heterocycles. The molecule has 0 aliphatic carbocycles. The molecule has 2 N–H and O–H groups in total. The molecule has 0 spiro atoms. The average Bonchev–Trinajstić information content (AvgIpc) is 2.84. The maximum absolute atomic E-state index is 13.3. The van der Waals surface area contributed by atoms with Crippen LogP contribution in [-0.4, -0.2) is 22.9 Å². The van der Waals surface area contributed by atoms with Gasteiger partial charge >= 0.3 is 0 Å². The highest BCUT2D eigenvalue weighted by molar-refractivity contribution is 5.46. The first-order valence-electron chi connectivity index (χ1n) is 6.28. The van der Waals surface area contributed by atoms with Crippen molar-refractivity contribution in [2.45, 2.75) is 6.42 Å². The molecular formula is C15H16FN3O. The number of nitrogens with two attached hydrogens (primary N) is 1. The SMILES string of the molecule is Cn1cc(CCOc2cc(F)ccc2C#CCN)cn1. The van der Waals surface area contributed by atoms with Gasteiger partial charge in [0.25, 0.3) is 0 Å². The number of halogens is 1. The highest BCUT2D eigenvalue weighted by atomic mass is 19.1. The Labute approximate surface area is 117 Å². The van der Waals surface area contributed by atoms with Crippen LogP contribution in [0.1, 0.15) is 11.1 Å². The predicted molar refractivity (Wildman–Crippen MR) is 74.7 cm³/mol. The summed E-state index contributed by atoms with van der Waals surface area (Å²) in [5.41, 5.74) is 7.05. The summed E-state index contributed by atoms with van der Waals surface area (Å²) in [4.78, 5) is 0. The zero-order chi connectivity index (χ0) is 14.4. The highest BCUT2D eigenvalue weighted by Crippen LogP contribution is 2.19. The number of rotatable bonds is 4. The third kappa shape index (κ3) is 3.84. The molecule has 2 rings (SSSR count). The third-order valence-electron chi connectivity index (χ3n) is 2.68. The van der Waals surface area contributed by atoms with Crippen LogP contribution >= 0.6 is 0 Å². The fourth-order valence-electron chi connectivity index (χ4n) is 1.74. The highest BCUT2D eigenvalue weighted by Gasteiger charge is 2.04. The number of ether oxygens (including phenoxy) is 1. The van der Waals surface area contributed by atoms with Gasteiger partial charge in [-0.1, -0.05) is 11.8 Å². The summed E-state index contributed by atoms with van der Waals surface area (Å²) >= 11 is 0. The van der Waals surface area contributed by atoms with Crippen LogP contribution in [0.25, 0.3) is 0 Å². The van der Waals surface area contributed by atoms with Gasteiger partial charge in [-0.25, -0.2) is 4.39 Å². The molecule has 0 aliphatic rings. The van der Waals surface area contributed by atoms with Crippen LogP contribution in [0.5, 0.6) is 5.75 Å². The van der Waals surface area contributed by atoms with E-state index in [0.717, 1.165) is 5.56 Å². The van der Waals surface area contributed by atoms with Crippen molar-refractivity contribution in [3.8, 4) is 17.6 Å². The minimum Gasteiger partial charge on any atom is -0.492 e. The smallest absolute Gasteiger partial charge is 0.137 e. The van der Waals surface area contributed by atoms with Gasteiger partial charge in [-0.2, -0.15) is 5.10 Å². The van der Waals surface area contributed by atoms with Crippen molar-refractivity contribution in [3.05, 3.63) is 47.5 Å². The van der Waals surface area contributed by atoms with E-state index in [1.807, 2.05) is 13.2 Å². The van der Waals surface area contributed by atoms with Gasteiger partial charge in [0.1, 0.15) is 11.6 Å². The summed E-state index contributed by atoms with van der Waals surface area (Å²) in [7, 11) is 1.86. The Kier molecular flexibility index (Phi) is 4.75. The molecule has 1 aromatic carbocycles. The molecular weight excluding hydrogens is 257 g/mol. The van der Waals surface area contributed by atoms with E-state index in [2.05, 4.69) is 16.9 Å². The zero-order valence-electron chi connectivity index (χ0n) is 11.3. The fourth-order valence-corrected chi connectivity index (χ4v) is 1.74. The van der Waals surface area contributed by atoms with Gasteiger partial charge in [0.2, 0.25) is 0 Å². The first-order valence-corrected chi connectivity index (χ1v) is 6.28. The van der Waals surface area contributed by atoms with Crippen molar-refractivity contribution in [2.75, 3.05) is 13.2 Å². The van der Waals surface area contributed by atoms with Gasteiger partial charge in [-0.15, -0.1) is 0 Å². The number of aromatic nitrogens is 2. The zero-order valence-corrected chi connectivity index (χ0v) is 11.3. The van der Waals surface area contributed by atoms with E-state index in [9.17, 15) is 4.39 Å². The molecule has 0 amide bonds. The van der Waals surface area contributed by atoms with Crippen molar-refractivity contribution >= 4 is 0 Å². The summed E-state index contributed by atoms with van der Waals surface area (Å²) in [5, 5.41) is 4.08. The molecule has 1 aromatic heterocycles. The van der Waals surface area contributed by atoms with Crippen LogP contribution in [-0.2, 0) is 13.5 Å². The molecule has 104 valence electrons. The van der Waals surface area contributed by atoms with E-state index in [-0.39, 0.29) is 12.4 Å². The van der Waals surface area contributed by atoms with E-state index < -0.39 is 0 Å². The second kappa shape index (κ2) is 6.73. The Balaban J connectivity index is 2.02. The Morgan fingerprint density at radius 3 is 3.00 bits per heavy atom. The van der Waals surface area contributed by atoms with E-state index in [1.165, 1.54) is 12.1 Å². The lowest BCUT2D eigenvalue weighted by molar-refractivity contribution is 0.319. The second-order valence-electron chi connectivity index (χ2n) is 4.27. The molecule has 5 heteroatoms. The Morgan fingerprint density at radius 1 is 1.45 bits per heavy atom. The molecule has 20 heavy (non-hydrogen) atoms. The van der Waals surface area contributed by atoms with Crippen LogP contribution in [0, 0.1) is 17.7 Å². The van der Waals surface area contributed by atoms with Crippen molar-refractivity contribution < 1.29 is 9.13 Å². The number of benzene rings is 1. The molecule has 0 saturated heterocycles. The standard InChI is InChI=1S/C15H16FN3O/c1-19-11-12(10-18-19)6-8-20-15-9-14(16)5-4-13(15)3-2-7-17/h4-5,9-11H,6-8,17H2,1H3.